The fraction of sp³-hybridized carbons (Fsp3) is 0.222. The molecule has 0 nitrogen and oxygen atoms in total. The zero-order valence-corrected chi connectivity index (χ0v) is 12.7. The van der Waals surface area contributed by atoms with E-state index in [9.17, 15) is 0 Å². The highest BCUT2D eigenvalue weighted by Gasteiger charge is 2.18. The van der Waals surface area contributed by atoms with E-state index in [0.29, 0.717) is 0 Å². The average molecular weight is 303 g/mol. The molecule has 0 aliphatic heterocycles. The van der Waals surface area contributed by atoms with E-state index in [1.165, 1.54) is 24.0 Å². The monoisotopic (exact) mass is 302 g/mol. The lowest BCUT2D eigenvalue weighted by molar-refractivity contribution is 0.753. The molecule has 1 aliphatic rings. The molecule has 0 heterocycles. The minimum absolute atomic E-state index is 0.828. The van der Waals surface area contributed by atoms with E-state index in [0.717, 1.165) is 34.0 Å². The van der Waals surface area contributed by atoms with Crippen molar-refractivity contribution in [1.29, 1.82) is 0 Å². The second kappa shape index (κ2) is 6.03. The Kier molecular flexibility index (Phi) is 4.14. The third-order valence-electron chi connectivity index (χ3n) is 3.87. The Morgan fingerprint density at radius 2 is 1.00 bits per heavy atom. The predicted octanol–water partition coefficient (Wildman–Crippen LogP) is 6.48. The predicted molar refractivity (Wildman–Crippen MR) is 88.2 cm³/mol. The van der Waals surface area contributed by atoms with E-state index in [2.05, 4.69) is 12.1 Å². The van der Waals surface area contributed by atoms with Crippen LogP contribution in [0.4, 0.5) is 0 Å². The van der Waals surface area contributed by atoms with Crippen LogP contribution in [0.1, 0.15) is 36.8 Å². The van der Waals surface area contributed by atoms with Crippen molar-refractivity contribution in [2.45, 2.75) is 25.7 Å². The van der Waals surface area contributed by atoms with Gasteiger partial charge in [-0.2, -0.15) is 0 Å². The summed E-state index contributed by atoms with van der Waals surface area (Å²) in [5, 5.41) is 1.66. The summed E-state index contributed by atoms with van der Waals surface area (Å²) in [6.07, 6.45) is 4.58. The van der Waals surface area contributed by atoms with E-state index in [1.807, 2.05) is 36.4 Å². The lowest BCUT2D eigenvalue weighted by atomic mass is 9.84. The molecule has 2 heteroatoms. The smallest absolute Gasteiger partial charge is 0.0481 e. The van der Waals surface area contributed by atoms with Crippen LogP contribution in [0.2, 0.25) is 10.0 Å². The lowest BCUT2D eigenvalue weighted by Gasteiger charge is -2.22. The summed E-state index contributed by atoms with van der Waals surface area (Å²) in [6, 6.07) is 16.2. The molecule has 0 fully saturated rings. The molecule has 0 saturated heterocycles. The molecular formula is C18H16Cl2. The second-order valence-electron chi connectivity index (χ2n) is 5.12. The van der Waals surface area contributed by atoms with Crippen LogP contribution in [0, 0.1) is 0 Å². The summed E-state index contributed by atoms with van der Waals surface area (Å²) in [7, 11) is 0. The normalized spacial score (nSPS) is 15.5. The van der Waals surface area contributed by atoms with E-state index in [1.54, 1.807) is 0 Å². The van der Waals surface area contributed by atoms with Crippen molar-refractivity contribution in [2.24, 2.45) is 0 Å². The fourth-order valence-corrected chi connectivity index (χ4v) is 3.41. The fourth-order valence-electron chi connectivity index (χ4n) is 2.91. The number of hydrogen-bond acceptors (Lipinski definition) is 0. The van der Waals surface area contributed by atoms with Gasteiger partial charge in [-0.05, 0) is 60.1 Å². The molecule has 0 amide bonds. The van der Waals surface area contributed by atoms with Gasteiger partial charge >= 0.3 is 0 Å². The van der Waals surface area contributed by atoms with Crippen molar-refractivity contribution in [3.05, 3.63) is 69.7 Å². The van der Waals surface area contributed by atoms with E-state index < -0.39 is 0 Å². The molecule has 0 bridgehead atoms. The molecule has 1 aliphatic carbocycles. The van der Waals surface area contributed by atoms with Crippen LogP contribution in [0.3, 0.4) is 0 Å². The molecular weight excluding hydrogens is 287 g/mol. The van der Waals surface area contributed by atoms with E-state index in [4.69, 9.17) is 23.2 Å². The summed E-state index contributed by atoms with van der Waals surface area (Å²) in [5.41, 5.74) is 5.03. The number of allylic oxidation sites excluding steroid dienone is 2. The van der Waals surface area contributed by atoms with Gasteiger partial charge < -0.3 is 0 Å². The zero-order valence-electron chi connectivity index (χ0n) is 11.2. The molecule has 2 aromatic rings. The summed E-state index contributed by atoms with van der Waals surface area (Å²) < 4.78 is 0. The maximum Gasteiger partial charge on any atom is 0.0481 e. The van der Waals surface area contributed by atoms with Gasteiger partial charge in [0.15, 0.2) is 0 Å². The van der Waals surface area contributed by atoms with Crippen molar-refractivity contribution in [1.82, 2.24) is 0 Å². The number of halogens is 2. The standard InChI is InChI=1S/C18H16Cl2/c19-17-11-5-3-9-15(17)13-7-1-2-8-14(13)16-10-4-6-12-18(16)20/h3-6,9-12H,1-2,7-8H2. The van der Waals surface area contributed by atoms with Crippen molar-refractivity contribution in [3.63, 3.8) is 0 Å². The highest BCUT2D eigenvalue weighted by atomic mass is 35.5. The molecule has 2 aromatic carbocycles. The van der Waals surface area contributed by atoms with Crippen LogP contribution in [0.5, 0.6) is 0 Å². The highest BCUT2D eigenvalue weighted by molar-refractivity contribution is 6.34. The Morgan fingerprint density at radius 3 is 1.40 bits per heavy atom. The molecule has 102 valence electrons. The minimum Gasteiger partial charge on any atom is -0.0837 e. The maximum atomic E-state index is 6.38. The molecule has 0 unspecified atom stereocenters. The van der Waals surface area contributed by atoms with Gasteiger partial charge in [-0.15, -0.1) is 0 Å². The Bertz CT molecular complexity index is 598. The SMILES string of the molecule is Clc1ccccc1C1=C(c2ccccc2Cl)CCCC1. The molecule has 0 saturated carbocycles. The van der Waals surface area contributed by atoms with Crippen molar-refractivity contribution in [2.75, 3.05) is 0 Å². The topological polar surface area (TPSA) is 0 Å². The van der Waals surface area contributed by atoms with E-state index >= 15 is 0 Å². The molecule has 20 heavy (non-hydrogen) atoms. The Morgan fingerprint density at radius 1 is 0.600 bits per heavy atom. The highest BCUT2D eigenvalue weighted by Crippen LogP contribution is 2.41. The Labute approximate surface area is 130 Å². The molecule has 0 aromatic heterocycles. The molecule has 0 atom stereocenters. The minimum atomic E-state index is 0.828. The van der Waals surface area contributed by atoms with Gasteiger partial charge in [-0.1, -0.05) is 59.6 Å². The van der Waals surface area contributed by atoms with Gasteiger partial charge in [0.05, 0.1) is 0 Å². The molecule has 0 radical (unpaired) electrons. The number of benzene rings is 2. The summed E-state index contributed by atoms with van der Waals surface area (Å²) in [6.45, 7) is 0. The quantitative estimate of drug-likeness (QED) is 0.595. The first-order valence-corrected chi connectivity index (χ1v) is 7.75. The zero-order chi connectivity index (χ0) is 13.9. The van der Waals surface area contributed by atoms with Gasteiger partial charge in [0.2, 0.25) is 0 Å². The largest absolute Gasteiger partial charge is 0.0837 e. The van der Waals surface area contributed by atoms with Crippen LogP contribution in [-0.4, -0.2) is 0 Å². The number of hydrogen-bond donors (Lipinski definition) is 0. The molecule has 0 spiro atoms. The lowest BCUT2D eigenvalue weighted by Crippen LogP contribution is -2.00. The van der Waals surface area contributed by atoms with Gasteiger partial charge in [0, 0.05) is 10.0 Å². The van der Waals surface area contributed by atoms with Crippen LogP contribution < -0.4 is 0 Å². The third kappa shape index (κ3) is 2.63. The summed E-state index contributed by atoms with van der Waals surface area (Å²) >= 11 is 12.8. The van der Waals surface area contributed by atoms with Gasteiger partial charge in [0.1, 0.15) is 0 Å². The van der Waals surface area contributed by atoms with Crippen molar-refractivity contribution in [3.8, 4) is 0 Å². The van der Waals surface area contributed by atoms with Crippen LogP contribution in [0.15, 0.2) is 48.5 Å². The van der Waals surface area contributed by atoms with Gasteiger partial charge in [-0.3, -0.25) is 0 Å². The summed E-state index contributed by atoms with van der Waals surface area (Å²) in [4.78, 5) is 0. The van der Waals surface area contributed by atoms with Crippen molar-refractivity contribution < 1.29 is 0 Å². The maximum absolute atomic E-state index is 6.38. The van der Waals surface area contributed by atoms with Crippen molar-refractivity contribution >= 4 is 34.3 Å². The Hall–Kier alpha value is -1.24. The molecule has 3 rings (SSSR count). The van der Waals surface area contributed by atoms with Gasteiger partial charge in [0.25, 0.3) is 0 Å². The van der Waals surface area contributed by atoms with Crippen LogP contribution in [-0.2, 0) is 0 Å². The van der Waals surface area contributed by atoms with E-state index in [-0.39, 0.29) is 0 Å². The third-order valence-corrected chi connectivity index (χ3v) is 4.52. The summed E-state index contributed by atoms with van der Waals surface area (Å²) in [5.74, 6) is 0. The van der Waals surface area contributed by atoms with Gasteiger partial charge in [-0.25, -0.2) is 0 Å². The van der Waals surface area contributed by atoms with Crippen LogP contribution in [0.25, 0.3) is 11.1 Å². The van der Waals surface area contributed by atoms with Crippen LogP contribution >= 0.6 is 23.2 Å². The number of rotatable bonds is 2. The first kappa shape index (κ1) is 13.7. The first-order valence-electron chi connectivity index (χ1n) is 6.99. The Balaban J connectivity index is 2.18. The first-order chi connectivity index (χ1) is 9.77. The molecule has 0 N–H and O–H groups in total. The second-order valence-corrected chi connectivity index (χ2v) is 5.94. The average Bonchev–Trinajstić information content (AvgIpc) is 2.48.